The van der Waals surface area contributed by atoms with Crippen molar-refractivity contribution in [1.82, 2.24) is 4.90 Å². The van der Waals surface area contributed by atoms with Gasteiger partial charge < -0.3 is 9.64 Å². The van der Waals surface area contributed by atoms with Crippen molar-refractivity contribution >= 4 is 0 Å². The molecule has 0 bridgehead atoms. The fourth-order valence-electron chi connectivity index (χ4n) is 0.676. The zero-order valence-electron chi connectivity index (χ0n) is 7.18. The van der Waals surface area contributed by atoms with Crippen molar-refractivity contribution in [1.29, 1.82) is 0 Å². The van der Waals surface area contributed by atoms with E-state index in [1.807, 2.05) is 11.9 Å². The molecule has 10 heavy (non-hydrogen) atoms. The standard InChI is InChI=1S/C8H17NO/c1-5-6-7-9(3)8(2)10-4/h2,5-7H2,1,3-4H3. The van der Waals surface area contributed by atoms with Gasteiger partial charge in [0, 0.05) is 13.6 Å². The summed E-state index contributed by atoms with van der Waals surface area (Å²) in [6.07, 6.45) is 2.40. The molecule has 0 N–H and O–H groups in total. The third-order valence-electron chi connectivity index (χ3n) is 1.51. The lowest BCUT2D eigenvalue weighted by atomic mass is 10.3. The van der Waals surface area contributed by atoms with Gasteiger partial charge in [0.1, 0.15) is 0 Å². The lowest BCUT2D eigenvalue weighted by Gasteiger charge is -2.19. The maximum absolute atomic E-state index is 4.94. The maximum Gasteiger partial charge on any atom is 0.181 e. The monoisotopic (exact) mass is 143 g/mol. The summed E-state index contributed by atoms with van der Waals surface area (Å²) in [4.78, 5) is 2.02. The van der Waals surface area contributed by atoms with E-state index in [1.165, 1.54) is 12.8 Å². The molecule has 0 amide bonds. The van der Waals surface area contributed by atoms with Crippen LogP contribution in [0.25, 0.3) is 0 Å². The fraction of sp³-hybridized carbons (Fsp3) is 0.750. The molecule has 0 saturated carbocycles. The molecular formula is C8H17NO. The molecule has 0 radical (unpaired) electrons. The van der Waals surface area contributed by atoms with Gasteiger partial charge in [0.2, 0.25) is 0 Å². The summed E-state index contributed by atoms with van der Waals surface area (Å²) in [7, 11) is 3.63. The van der Waals surface area contributed by atoms with Gasteiger partial charge in [-0.25, -0.2) is 0 Å². The first-order valence-corrected chi connectivity index (χ1v) is 3.66. The van der Waals surface area contributed by atoms with Crippen molar-refractivity contribution in [3.63, 3.8) is 0 Å². The Labute approximate surface area is 63.5 Å². The first-order valence-electron chi connectivity index (χ1n) is 3.66. The Kier molecular flexibility index (Phi) is 4.81. The molecule has 0 fully saturated rings. The summed E-state index contributed by atoms with van der Waals surface area (Å²) in [5.41, 5.74) is 0. The minimum atomic E-state index is 0.744. The highest BCUT2D eigenvalue weighted by molar-refractivity contribution is 4.79. The average Bonchev–Trinajstić information content (AvgIpc) is 1.98. The van der Waals surface area contributed by atoms with Crippen LogP contribution in [0.15, 0.2) is 12.5 Å². The molecule has 0 heterocycles. The Morgan fingerprint density at radius 3 is 2.60 bits per heavy atom. The SMILES string of the molecule is C=C(OC)N(C)CCCC. The minimum absolute atomic E-state index is 0.744. The van der Waals surface area contributed by atoms with Crippen LogP contribution < -0.4 is 0 Å². The first-order chi connectivity index (χ1) is 4.72. The van der Waals surface area contributed by atoms with Gasteiger partial charge in [-0.1, -0.05) is 13.3 Å². The molecule has 0 rings (SSSR count). The number of hydrogen-bond acceptors (Lipinski definition) is 2. The summed E-state index contributed by atoms with van der Waals surface area (Å²) in [5.74, 6) is 0.744. The van der Waals surface area contributed by atoms with Gasteiger partial charge in [-0.05, 0) is 13.0 Å². The molecule has 2 nitrogen and oxygen atoms in total. The molecule has 0 aliphatic heterocycles. The van der Waals surface area contributed by atoms with Crippen LogP contribution in [0.1, 0.15) is 19.8 Å². The van der Waals surface area contributed by atoms with E-state index in [1.54, 1.807) is 7.11 Å². The summed E-state index contributed by atoms with van der Waals surface area (Å²) in [6, 6.07) is 0. The van der Waals surface area contributed by atoms with E-state index < -0.39 is 0 Å². The van der Waals surface area contributed by atoms with Gasteiger partial charge in [-0.15, -0.1) is 0 Å². The Bertz CT molecular complexity index is 101. The zero-order chi connectivity index (χ0) is 7.98. The zero-order valence-corrected chi connectivity index (χ0v) is 7.18. The molecule has 0 aromatic rings. The maximum atomic E-state index is 4.94. The van der Waals surface area contributed by atoms with E-state index in [2.05, 4.69) is 13.5 Å². The van der Waals surface area contributed by atoms with Crippen LogP contribution in [-0.2, 0) is 4.74 Å². The topological polar surface area (TPSA) is 12.5 Å². The van der Waals surface area contributed by atoms with E-state index >= 15 is 0 Å². The predicted molar refractivity (Wildman–Crippen MR) is 43.7 cm³/mol. The van der Waals surface area contributed by atoms with Crippen molar-refractivity contribution < 1.29 is 4.74 Å². The van der Waals surface area contributed by atoms with E-state index in [0.29, 0.717) is 0 Å². The minimum Gasteiger partial charge on any atom is -0.483 e. The number of nitrogens with zero attached hydrogens (tertiary/aromatic N) is 1. The lowest BCUT2D eigenvalue weighted by Crippen LogP contribution is -2.19. The third-order valence-corrected chi connectivity index (χ3v) is 1.51. The summed E-state index contributed by atoms with van der Waals surface area (Å²) < 4.78 is 4.94. The van der Waals surface area contributed by atoms with Gasteiger partial charge in [0.15, 0.2) is 5.88 Å². The van der Waals surface area contributed by atoms with Gasteiger partial charge in [-0.3, -0.25) is 0 Å². The molecule has 0 aromatic heterocycles. The highest BCUT2D eigenvalue weighted by Gasteiger charge is 1.97. The second-order valence-electron chi connectivity index (χ2n) is 2.37. The summed E-state index contributed by atoms with van der Waals surface area (Å²) in [6.45, 7) is 6.93. The molecule has 0 aliphatic carbocycles. The molecule has 0 unspecified atom stereocenters. The Hall–Kier alpha value is -0.660. The Morgan fingerprint density at radius 1 is 1.60 bits per heavy atom. The number of rotatable bonds is 5. The van der Waals surface area contributed by atoms with Crippen LogP contribution in [-0.4, -0.2) is 25.6 Å². The van der Waals surface area contributed by atoms with E-state index in [9.17, 15) is 0 Å². The predicted octanol–water partition coefficient (Wildman–Crippen LogP) is 1.84. The van der Waals surface area contributed by atoms with Crippen LogP contribution >= 0.6 is 0 Å². The molecular weight excluding hydrogens is 126 g/mol. The quantitative estimate of drug-likeness (QED) is 0.544. The van der Waals surface area contributed by atoms with E-state index in [0.717, 1.165) is 12.4 Å². The van der Waals surface area contributed by atoms with Crippen molar-refractivity contribution in [2.75, 3.05) is 20.7 Å². The van der Waals surface area contributed by atoms with Crippen LogP contribution in [0.5, 0.6) is 0 Å². The van der Waals surface area contributed by atoms with Crippen LogP contribution in [0, 0.1) is 0 Å². The smallest absolute Gasteiger partial charge is 0.181 e. The second-order valence-corrected chi connectivity index (χ2v) is 2.37. The second kappa shape index (κ2) is 5.15. The molecule has 60 valence electrons. The molecule has 0 saturated heterocycles. The Balaban J connectivity index is 3.41. The van der Waals surface area contributed by atoms with E-state index in [4.69, 9.17) is 4.74 Å². The molecule has 0 aromatic carbocycles. The van der Waals surface area contributed by atoms with Crippen molar-refractivity contribution in [3.05, 3.63) is 12.5 Å². The summed E-state index contributed by atoms with van der Waals surface area (Å²) in [5, 5.41) is 0. The summed E-state index contributed by atoms with van der Waals surface area (Å²) >= 11 is 0. The van der Waals surface area contributed by atoms with Crippen LogP contribution in [0.4, 0.5) is 0 Å². The van der Waals surface area contributed by atoms with Gasteiger partial charge in [0.25, 0.3) is 0 Å². The lowest BCUT2D eigenvalue weighted by molar-refractivity contribution is 0.175. The number of hydrogen-bond donors (Lipinski definition) is 0. The average molecular weight is 143 g/mol. The van der Waals surface area contributed by atoms with Crippen LogP contribution in [0.2, 0.25) is 0 Å². The van der Waals surface area contributed by atoms with Gasteiger partial charge in [-0.2, -0.15) is 0 Å². The van der Waals surface area contributed by atoms with Crippen molar-refractivity contribution in [2.45, 2.75) is 19.8 Å². The first kappa shape index (κ1) is 9.34. The highest BCUT2D eigenvalue weighted by Crippen LogP contribution is 2.00. The third kappa shape index (κ3) is 3.38. The largest absolute Gasteiger partial charge is 0.483 e. The Morgan fingerprint density at radius 2 is 2.20 bits per heavy atom. The number of ether oxygens (including phenoxy) is 1. The fourth-order valence-corrected chi connectivity index (χ4v) is 0.676. The van der Waals surface area contributed by atoms with Gasteiger partial charge >= 0.3 is 0 Å². The van der Waals surface area contributed by atoms with Gasteiger partial charge in [0.05, 0.1) is 7.11 Å². The van der Waals surface area contributed by atoms with Crippen molar-refractivity contribution in [3.8, 4) is 0 Å². The molecule has 2 heteroatoms. The highest BCUT2D eigenvalue weighted by atomic mass is 16.5. The molecule has 0 aliphatic rings. The normalized spacial score (nSPS) is 9.10. The van der Waals surface area contributed by atoms with Crippen molar-refractivity contribution in [2.24, 2.45) is 0 Å². The number of unbranched alkanes of at least 4 members (excludes halogenated alkanes) is 1. The van der Waals surface area contributed by atoms with E-state index in [-0.39, 0.29) is 0 Å². The van der Waals surface area contributed by atoms with Crippen LogP contribution in [0.3, 0.4) is 0 Å². The number of methoxy groups -OCH3 is 1. The molecule has 0 atom stereocenters. The molecule has 0 spiro atoms.